The molecular weight excluding hydrogens is 314 g/mol. The van der Waals surface area contributed by atoms with Crippen molar-refractivity contribution >= 4 is 23.6 Å². The highest BCUT2D eigenvalue weighted by atomic mass is 35.5. The first-order valence-electron chi connectivity index (χ1n) is 7.49. The second-order valence-electron chi connectivity index (χ2n) is 5.68. The molecule has 0 saturated heterocycles. The molecule has 1 aromatic heterocycles. The van der Waals surface area contributed by atoms with Crippen molar-refractivity contribution in [2.45, 2.75) is 13.1 Å². The monoisotopic (exact) mass is 331 g/mol. The van der Waals surface area contributed by atoms with Gasteiger partial charge in [-0.25, -0.2) is 4.98 Å². The van der Waals surface area contributed by atoms with Crippen LogP contribution in [0.3, 0.4) is 0 Å². The Hall–Kier alpha value is -2.11. The zero-order valence-corrected chi connectivity index (χ0v) is 13.4. The fourth-order valence-electron chi connectivity index (χ4n) is 2.74. The predicted octanol–water partition coefficient (Wildman–Crippen LogP) is 2.77. The number of carboxylic acid groups (broad SMARTS) is 1. The highest BCUT2D eigenvalue weighted by Crippen LogP contribution is 2.16. The molecular formula is C17H18ClN3O2. The zero-order chi connectivity index (χ0) is 16.2. The summed E-state index contributed by atoms with van der Waals surface area (Å²) in [6.45, 7) is 2.33. The van der Waals surface area contributed by atoms with Gasteiger partial charge < -0.3 is 9.67 Å². The van der Waals surface area contributed by atoms with Crippen LogP contribution < -0.4 is 0 Å². The number of nitrogens with zero attached hydrogens (tertiary/aromatic N) is 3. The third-order valence-electron chi connectivity index (χ3n) is 3.96. The Balaban J connectivity index is 1.69. The molecule has 0 bridgehead atoms. The zero-order valence-electron chi connectivity index (χ0n) is 12.6. The van der Waals surface area contributed by atoms with Crippen molar-refractivity contribution < 1.29 is 9.90 Å². The number of aromatic nitrogens is 2. The summed E-state index contributed by atoms with van der Waals surface area (Å²) < 4.78 is 1.93. The summed E-state index contributed by atoms with van der Waals surface area (Å²) in [5, 5.41) is 10.1. The van der Waals surface area contributed by atoms with Gasteiger partial charge in [0.25, 0.3) is 0 Å². The summed E-state index contributed by atoms with van der Waals surface area (Å²) in [5.74, 6) is -0.277. The number of aliphatic carboxylic acids is 1. The first kappa shape index (κ1) is 15.8. The minimum Gasteiger partial charge on any atom is -0.481 e. The molecule has 120 valence electrons. The third kappa shape index (κ3) is 4.00. The second kappa shape index (κ2) is 6.98. The number of halogens is 1. The lowest BCUT2D eigenvalue weighted by atomic mass is 10.1. The summed E-state index contributed by atoms with van der Waals surface area (Å²) in [6.07, 6.45) is 7.63. The largest absolute Gasteiger partial charge is 0.481 e. The molecule has 23 heavy (non-hydrogen) atoms. The van der Waals surface area contributed by atoms with Crippen molar-refractivity contribution in [2.24, 2.45) is 5.92 Å². The van der Waals surface area contributed by atoms with Gasteiger partial charge in [0.1, 0.15) is 5.82 Å². The lowest BCUT2D eigenvalue weighted by molar-refractivity contribution is -0.142. The van der Waals surface area contributed by atoms with Crippen molar-refractivity contribution in [3.8, 4) is 0 Å². The van der Waals surface area contributed by atoms with E-state index >= 15 is 0 Å². The van der Waals surface area contributed by atoms with Crippen molar-refractivity contribution in [1.29, 1.82) is 0 Å². The number of fused-ring (bicyclic) bond motifs is 1. The smallest absolute Gasteiger partial charge is 0.309 e. The highest BCUT2D eigenvalue weighted by Gasteiger charge is 2.26. The lowest BCUT2D eigenvalue weighted by Crippen LogP contribution is -2.32. The van der Waals surface area contributed by atoms with E-state index in [0.717, 1.165) is 11.4 Å². The van der Waals surface area contributed by atoms with Crippen LogP contribution in [0.5, 0.6) is 0 Å². The average Bonchev–Trinajstić information content (AvgIpc) is 2.87. The SMILES string of the molecule is O=C(O)C1CN(C/C=C/c2ccc(Cl)cc2)Cc2nccn2C1. The van der Waals surface area contributed by atoms with Crippen LogP contribution >= 0.6 is 11.6 Å². The molecule has 0 radical (unpaired) electrons. The molecule has 1 atom stereocenters. The van der Waals surface area contributed by atoms with E-state index in [2.05, 4.69) is 9.88 Å². The lowest BCUT2D eigenvalue weighted by Gasteiger charge is -2.19. The third-order valence-corrected chi connectivity index (χ3v) is 4.21. The van der Waals surface area contributed by atoms with E-state index in [9.17, 15) is 9.90 Å². The fourth-order valence-corrected chi connectivity index (χ4v) is 2.86. The summed E-state index contributed by atoms with van der Waals surface area (Å²) in [4.78, 5) is 17.9. The Kier molecular flexibility index (Phi) is 4.79. The molecule has 0 fully saturated rings. The van der Waals surface area contributed by atoms with Gasteiger partial charge in [0, 0.05) is 37.1 Å². The summed E-state index contributed by atoms with van der Waals surface area (Å²) in [6, 6.07) is 7.61. The predicted molar refractivity (Wildman–Crippen MR) is 89.1 cm³/mol. The van der Waals surface area contributed by atoms with Crippen LogP contribution in [-0.2, 0) is 17.9 Å². The molecule has 6 heteroatoms. The summed E-state index contributed by atoms with van der Waals surface area (Å²) in [7, 11) is 0. The maximum atomic E-state index is 11.4. The van der Waals surface area contributed by atoms with Crippen molar-refractivity contribution in [3.05, 3.63) is 59.1 Å². The Labute approximate surface area is 139 Å². The summed E-state index contributed by atoms with van der Waals surface area (Å²) in [5.41, 5.74) is 1.07. The van der Waals surface area contributed by atoms with Crippen LogP contribution in [-0.4, -0.2) is 38.6 Å². The maximum absolute atomic E-state index is 11.4. The molecule has 1 N–H and O–H groups in total. The molecule has 1 aromatic carbocycles. The van der Waals surface area contributed by atoms with Gasteiger partial charge in [-0.1, -0.05) is 35.9 Å². The molecule has 1 aliphatic rings. The van der Waals surface area contributed by atoms with Crippen molar-refractivity contribution in [3.63, 3.8) is 0 Å². The van der Waals surface area contributed by atoms with E-state index in [1.165, 1.54) is 0 Å². The van der Waals surface area contributed by atoms with E-state index in [0.29, 0.717) is 31.2 Å². The van der Waals surface area contributed by atoms with Crippen LogP contribution in [0.1, 0.15) is 11.4 Å². The standard InChI is InChI=1S/C17H18ClN3O2/c18-15-5-3-13(4-6-15)2-1-8-20-10-14(17(22)23)11-21-9-7-19-16(21)12-20/h1-7,9,14H,8,10-12H2,(H,22,23)/b2-1+. The van der Waals surface area contributed by atoms with Crippen LogP contribution in [0.15, 0.2) is 42.7 Å². The topological polar surface area (TPSA) is 58.4 Å². The molecule has 1 aliphatic heterocycles. The molecule has 1 unspecified atom stereocenters. The number of rotatable bonds is 4. The Morgan fingerprint density at radius 3 is 2.87 bits per heavy atom. The van der Waals surface area contributed by atoms with E-state index in [1.807, 2.05) is 47.2 Å². The molecule has 0 saturated carbocycles. The molecule has 5 nitrogen and oxygen atoms in total. The molecule has 0 amide bonds. The number of imidazole rings is 1. The van der Waals surface area contributed by atoms with E-state index in [1.54, 1.807) is 6.20 Å². The number of hydrogen-bond acceptors (Lipinski definition) is 3. The fraction of sp³-hybridized carbons (Fsp3) is 0.294. The Morgan fingerprint density at radius 1 is 1.35 bits per heavy atom. The Bertz CT molecular complexity index is 709. The van der Waals surface area contributed by atoms with E-state index in [4.69, 9.17) is 11.6 Å². The van der Waals surface area contributed by atoms with Gasteiger partial charge in [0.15, 0.2) is 0 Å². The number of carbonyl (C=O) groups is 1. The van der Waals surface area contributed by atoms with E-state index < -0.39 is 11.9 Å². The minimum atomic E-state index is -0.766. The van der Waals surface area contributed by atoms with Crippen molar-refractivity contribution in [1.82, 2.24) is 14.5 Å². The average molecular weight is 332 g/mol. The van der Waals surface area contributed by atoms with Crippen LogP contribution in [0.25, 0.3) is 6.08 Å². The normalized spacial score (nSPS) is 18.7. The van der Waals surface area contributed by atoms with Gasteiger partial charge in [-0.2, -0.15) is 0 Å². The molecule has 3 rings (SSSR count). The molecule has 0 spiro atoms. The van der Waals surface area contributed by atoms with Crippen molar-refractivity contribution in [2.75, 3.05) is 13.1 Å². The van der Waals surface area contributed by atoms with Crippen LogP contribution in [0.2, 0.25) is 5.02 Å². The minimum absolute atomic E-state index is 0.422. The first-order chi connectivity index (χ1) is 11.1. The van der Waals surface area contributed by atoms with Gasteiger partial charge in [-0.05, 0) is 17.7 Å². The number of benzene rings is 1. The first-order valence-corrected chi connectivity index (χ1v) is 7.87. The maximum Gasteiger partial charge on any atom is 0.309 e. The van der Waals surface area contributed by atoms with Gasteiger partial charge >= 0.3 is 5.97 Å². The van der Waals surface area contributed by atoms with E-state index in [-0.39, 0.29) is 0 Å². The number of hydrogen-bond donors (Lipinski definition) is 1. The van der Waals surface area contributed by atoms with Gasteiger partial charge in [-0.15, -0.1) is 0 Å². The molecule has 0 aliphatic carbocycles. The van der Waals surface area contributed by atoms with Gasteiger partial charge in [0.05, 0.1) is 12.5 Å². The quantitative estimate of drug-likeness (QED) is 0.936. The van der Waals surface area contributed by atoms with Gasteiger partial charge in [0.2, 0.25) is 0 Å². The Morgan fingerprint density at radius 2 is 2.13 bits per heavy atom. The molecule has 2 aromatic rings. The van der Waals surface area contributed by atoms with Crippen LogP contribution in [0, 0.1) is 5.92 Å². The second-order valence-corrected chi connectivity index (χ2v) is 6.12. The molecule has 2 heterocycles. The van der Waals surface area contributed by atoms with Crippen LogP contribution in [0.4, 0.5) is 0 Å². The van der Waals surface area contributed by atoms with Gasteiger partial charge in [-0.3, -0.25) is 9.69 Å². The number of carboxylic acids is 1. The highest BCUT2D eigenvalue weighted by molar-refractivity contribution is 6.30. The summed E-state index contributed by atoms with van der Waals surface area (Å²) >= 11 is 5.87.